The smallest absolute Gasteiger partial charge is 0.307 e. The highest BCUT2D eigenvalue weighted by molar-refractivity contribution is 7.07. The van der Waals surface area contributed by atoms with Crippen LogP contribution in [0.5, 0.6) is 0 Å². The minimum Gasteiger partial charge on any atom is -0.461 e. The lowest BCUT2D eigenvalue weighted by molar-refractivity contribution is -0.254. The molecule has 0 spiro atoms. The molecule has 6 heteroatoms. The normalized spacial score (nSPS) is 29.5. The van der Waals surface area contributed by atoms with E-state index < -0.39 is 0 Å². The Kier molecular flexibility index (Phi) is 4.16. The number of hydrogen-bond acceptors (Lipinski definition) is 5. The Morgan fingerprint density at radius 3 is 3.00 bits per heavy atom. The summed E-state index contributed by atoms with van der Waals surface area (Å²) in [6.45, 7) is 7.29. The van der Waals surface area contributed by atoms with Crippen molar-refractivity contribution in [2.45, 2.75) is 58.8 Å². The Labute approximate surface area is 134 Å². The summed E-state index contributed by atoms with van der Waals surface area (Å²) in [5.41, 5.74) is 0.781. The van der Waals surface area contributed by atoms with Gasteiger partial charge in [0.25, 0.3) is 0 Å². The summed E-state index contributed by atoms with van der Waals surface area (Å²) in [4.78, 5) is 23.8. The van der Waals surface area contributed by atoms with Crippen LogP contribution in [-0.2, 0) is 20.8 Å². The monoisotopic (exact) mass is 325 g/mol. The van der Waals surface area contributed by atoms with E-state index in [4.69, 9.17) is 9.47 Å². The van der Waals surface area contributed by atoms with Crippen LogP contribution >= 0.6 is 11.3 Å². The van der Waals surface area contributed by atoms with Crippen LogP contribution < -0.4 is 4.87 Å². The molecule has 2 heterocycles. The zero-order valence-electron chi connectivity index (χ0n) is 13.3. The first-order valence-electron chi connectivity index (χ1n) is 7.87. The molecule has 3 rings (SSSR count). The number of esters is 1. The van der Waals surface area contributed by atoms with E-state index in [1.165, 1.54) is 11.3 Å². The largest absolute Gasteiger partial charge is 0.461 e. The van der Waals surface area contributed by atoms with Gasteiger partial charge in [-0.3, -0.25) is 9.59 Å². The highest BCUT2D eigenvalue weighted by Crippen LogP contribution is 2.52. The fraction of sp³-hybridized carbons (Fsp3) is 0.750. The second-order valence-electron chi connectivity index (χ2n) is 6.87. The molecule has 0 N–H and O–H groups in total. The van der Waals surface area contributed by atoms with Crippen LogP contribution in [0.1, 0.15) is 38.8 Å². The molecular formula is C16H23NO4S. The van der Waals surface area contributed by atoms with Crippen LogP contribution in [-0.4, -0.2) is 29.4 Å². The van der Waals surface area contributed by atoms with E-state index >= 15 is 0 Å². The summed E-state index contributed by atoms with van der Waals surface area (Å²) < 4.78 is 13.2. The molecule has 0 amide bonds. The van der Waals surface area contributed by atoms with Gasteiger partial charge >= 0.3 is 10.8 Å². The number of carbonyl (C=O) groups excluding carboxylic acids is 1. The number of carbonyl (C=O) groups is 1. The van der Waals surface area contributed by atoms with Crippen molar-refractivity contribution < 1.29 is 14.3 Å². The van der Waals surface area contributed by atoms with Gasteiger partial charge in [-0.2, -0.15) is 0 Å². The molecule has 0 radical (unpaired) electrons. The molecule has 22 heavy (non-hydrogen) atoms. The zero-order chi connectivity index (χ0) is 15.9. The van der Waals surface area contributed by atoms with Gasteiger partial charge < -0.3 is 14.0 Å². The van der Waals surface area contributed by atoms with E-state index in [1.807, 2.05) is 12.3 Å². The maximum absolute atomic E-state index is 12.2. The van der Waals surface area contributed by atoms with Crippen molar-refractivity contribution in [2.24, 2.45) is 11.3 Å². The number of hydrogen-bond donors (Lipinski definition) is 0. The molecule has 0 aromatic carbocycles. The first-order valence-corrected chi connectivity index (χ1v) is 8.75. The third-order valence-corrected chi connectivity index (χ3v) is 5.88. The molecule has 3 atom stereocenters. The molecule has 1 aliphatic heterocycles. The summed E-state index contributed by atoms with van der Waals surface area (Å²) in [5.74, 6) is 0.109. The molecule has 1 aliphatic carbocycles. The molecule has 1 saturated heterocycles. The molecule has 1 saturated carbocycles. The van der Waals surface area contributed by atoms with Gasteiger partial charge in [-0.15, -0.1) is 0 Å². The van der Waals surface area contributed by atoms with Gasteiger partial charge in [0, 0.05) is 35.6 Å². The first-order chi connectivity index (χ1) is 10.4. The number of rotatable bonds is 4. The van der Waals surface area contributed by atoms with Gasteiger partial charge in [0.05, 0.1) is 12.5 Å². The third kappa shape index (κ3) is 2.63. The number of ether oxygens (including phenoxy) is 2. The number of aromatic nitrogens is 1. The highest BCUT2D eigenvalue weighted by atomic mass is 32.1. The standard InChI is InChI=1S/C16H23NO4S/c1-10-9-22-15(19)17(10)7-6-12(18)21-14-11-5-4-8-20-13(11)16(14,2)3/h9,11,13-14H,4-8H2,1-3H3/t11-,13-,14+/m0/s1. The number of thiazole rings is 1. The number of nitrogens with zero attached hydrogens (tertiary/aromatic N) is 1. The number of fused-ring (bicyclic) bond motifs is 1. The Morgan fingerprint density at radius 1 is 1.55 bits per heavy atom. The fourth-order valence-electron chi connectivity index (χ4n) is 3.79. The second-order valence-corrected chi connectivity index (χ2v) is 7.69. The van der Waals surface area contributed by atoms with Gasteiger partial charge in [-0.25, -0.2) is 0 Å². The SMILES string of the molecule is Cc1csc(=O)n1CCC(=O)O[C@@H]1[C@H]2CCCO[C@@H]2C1(C)C. The summed E-state index contributed by atoms with van der Waals surface area (Å²) >= 11 is 1.17. The van der Waals surface area contributed by atoms with Crippen molar-refractivity contribution in [3.05, 3.63) is 20.7 Å². The Morgan fingerprint density at radius 2 is 2.32 bits per heavy atom. The van der Waals surface area contributed by atoms with E-state index in [-0.39, 0.29) is 34.9 Å². The molecule has 1 aromatic rings. The van der Waals surface area contributed by atoms with Gasteiger partial charge in [0.2, 0.25) is 0 Å². The molecule has 0 unspecified atom stereocenters. The molecule has 5 nitrogen and oxygen atoms in total. The van der Waals surface area contributed by atoms with Gasteiger partial charge in [0.15, 0.2) is 0 Å². The summed E-state index contributed by atoms with van der Waals surface area (Å²) in [6.07, 6.45) is 2.48. The fourth-order valence-corrected chi connectivity index (χ4v) is 4.55. The van der Waals surface area contributed by atoms with Crippen molar-refractivity contribution >= 4 is 17.3 Å². The lowest BCUT2D eigenvalue weighted by atomic mass is 9.57. The van der Waals surface area contributed by atoms with Crippen molar-refractivity contribution in [1.29, 1.82) is 0 Å². The molecule has 2 aliphatic rings. The van der Waals surface area contributed by atoms with Gasteiger partial charge in [-0.05, 0) is 19.8 Å². The van der Waals surface area contributed by atoms with Crippen LogP contribution in [0.25, 0.3) is 0 Å². The van der Waals surface area contributed by atoms with E-state index in [1.54, 1.807) is 4.57 Å². The maximum Gasteiger partial charge on any atom is 0.307 e. The minimum atomic E-state index is -0.223. The van der Waals surface area contributed by atoms with Crippen LogP contribution in [0.15, 0.2) is 10.2 Å². The topological polar surface area (TPSA) is 57.5 Å². The van der Waals surface area contributed by atoms with E-state index in [0.29, 0.717) is 12.5 Å². The van der Waals surface area contributed by atoms with E-state index in [0.717, 1.165) is 25.1 Å². The maximum atomic E-state index is 12.2. The highest BCUT2D eigenvalue weighted by Gasteiger charge is 2.60. The molecule has 2 fully saturated rings. The lowest BCUT2D eigenvalue weighted by Gasteiger charge is -2.58. The Bertz CT molecular complexity index is 618. The Hall–Kier alpha value is -1.14. The minimum absolute atomic E-state index is 0.0185. The van der Waals surface area contributed by atoms with Crippen molar-refractivity contribution in [1.82, 2.24) is 4.57 Å². The first kappa shape index (κ1) is 15.7. The summed E-state index contributed by atoms with van der Waals surface area (Å²) in [7, 11) is 0. The van der Waals surface area contributed by atoms with Crippen molar-refractivity contribution in [3.8, 4) is 0 Å². The molecule has 0 bridgehead atoms. The zero-order valence-corrected chi connectivity index (χ0v) is 14.1. The Balaban J connectivity index is 1.57. The van der Waals surface area contributed by atoms with Crippen LogP contribution in [0.3, 0.4) is 0 Å². The van der Waals surface area contributed by atoms with E-state index in [9.17, 15) is 9.59 Å². The van der Waals surface area contributed by atoms with Crippen molar-refractivity contribution in [3.63, 3.8) is 0 Å². The van der Waals surface area contributed by atoms with Gasteiger partial charge in [0.1, 0.15) is 6.10 Å². The third-order valence-electron chi connectivity index (χ3n) is 5.00. The predicted molar refractivity (Wildman–Crippen MR) is 84.1 cm³/mol. The van der Waals surface area contributed by atoms with E-state index in [2.05, 4.69) is 13.8 Å². The van der Waals surface area contributed by atoms with Crippen molar-refractivity contribution in [2.75, 3.05) is 6.61 Å². The average molecular weight is 325 g/mol. The lowest BCUT2D eigenvalue weighted by Crippen LogP contribution is -2.65. The number of aryl methyl sites for hydroxylation is 1. The molecule has 122 valence electrons. The molecule has 1 aromatic heterocycles. The molecular weight excluding hydrogens is 302 g/mol. The van der Waals surface area contributed by atoms with Crippen LogP contribution in [0.2, 0.25) is 0 Å². The second kappa shape index (κ2) is 5.81. The summed E-state index contributed by atoms with van der Waals surface area (Å²) in [6, 6.07) is 0. The van der Waals surface area contributed by atoms with Gasteiger partial charge in [-0.1, -0.05) is 25.2 Å². The predicted octanol–water partition coefficient (Wildman–Crippen LogP) is 2.36. The van der Waals surface area contributed by atoms with Crippen LogP contribution in [0, 0.1) is 18.3 Å². The average Bonchev–Trinajstić information content (AvgIpc) is 2.81. The van der Waals surface area contributed by atoms with Crippen LogP contribution in [0.4, 0.5) is 0 Å². The summed E-state index contributed by atoms with van der Waals surface area (Å²) in [5, 5.41) is 1.81. The quantitative estimate of drug-likeness (QED) is 0.798.